The number of hydrogen-bond donors (Lipinski definition) is 0. The van der Waals surface area contributed by atoms with Crippen LogP contribution in [0.4, 0.5) is 0 Å². The number of nitrogens with zero attached hydrogens (tertiary/aromatic N) is 1. The lowest BCUT2D eigenvalue weighted by molar-refractivity contribution is -0.123. The second-order valence-electron chi connectivity index (χ2n) is 4.77. The molecule has 0 radical (unpaired) electrons. The summed E-state index contributed by atoms with van der Waals surface area (Å²) < 4.78 is 0. The molecule has 102 valence electrons. The van der Waals surface area contributed by atoms with Crippen LogP contribution in [0.2, 0.25) is 5.02 Å². The van der Waals surface area contributed by atoms with Crippen molar-refractivity contribution in [3.05, 3.63) is 34.9 Å². The standard InChI is InChI=1S/C16H20ClNO/c1-3-5-7-12(4-2)16(19)15(11-18)13-8-6-9-14(17)10-13/h6,8-10,12,15H,3-5,7H2,1-2H3. The fraction of sp³-hybridized carbons (Fsp3) is 0.500. The van der Waals surface area contributed by atoms with E-state index in [1.54, 1.807) is 24.3 Å². The minimum atomic E-state index is -0.694. The van der Waals surface area contributed by atoms with Gasteiger partial charge in [0, 0.05) is 10.9 Å². The number of hydrogen-bond acceptors (Lipinski definition) is 2. The first-order valence-electron chi connectivity index (χ1n) is 6.82. The van der Waals surface area contributed by atoms with Gasteiger partial charge >= 0.3 is 0 Å². The molecule has 1 rings (SSSR count). The van der Waals surface area contributed by atoms with Gasteiger partial charge < -0.3 is 0 Å². The van der Waals surface area contributed by atoms with E-state index in [0.29, 0.717) is 10.6 Å². The van der Waals surface area contributed by atoms with E-state index < -0.39 is 5.92 Å². The number of benzene rings is 1. The summed E-state index contributed by atoms with van der Waals surface area (Å²) in [7, 11) is 0. The number of Topliss-reactive ketones (excluding diaryl/α,β-unsaturated/α-hetero) is 1. The van der Waals surface area contributed by atoms with Crippen LogP contribution in [0, 0.1) is 17.2 Å². The van der Waals surface area contributed by atoms with Crippen LogP contribution >= 0.6 is 11.6 Å². The summed E-state index contributed by atoms with van der Waals surface area (Å²) in [5.41, 5.74) is 0.704. The molecule has 19 heavy (non-hydrogen) atoms. The van der Waals surface area contributed by atoms with Crippen LogP contribution in [-0.4, -0.2) is 5.78 Å². The molecule has 0 amide bonds. The van der Waals surface area contributed by atoms with E-state index >= 15 is 0 Å². The Kier molecular flexibility index (Phi) is 6.59. The number of ketones is 1. The zero-order chi connectivity index (χ0) is 14.3. The molecular weight excluding hydrogens is 258 g/mol. The molecule has 2 atom stereocenters. The monoisotopic (exact) mass is 277 g/mol. The summed E-state index contributed by atoms with van der Waals surface area (Å²) in [6.45, 7) is 4.11. The normalized spacial score (nSPS) is 13.6. The van der Waals surface area contributed by atoms with Gasteiger partial charge in [-0.15, -0.1) is 0 Å². The molecule has 2 unspecified atom stereocenters. The van der Waals surface area contributed by atoms with E-state index in [1.165, 1.54) is 0 Å². The van der Waals surface area contributed by atoms with Crippen LogP contribution in [0.1, 0.15) is 51.0 Å². The van der Waals surface area contributed by atoms with Crippen LogP contribution < -0.4 is 0 Å². The largest absolute Gasteiger partial charge is 0.298 e. The van der Waals surface area contributed by atoms with Crippen molar-refractivity contribution in [2.75, 3.05) is 0 Å². The maximum absolute atomic E-state index is 12.5. The number of rotatable bonds is 7. The highest BCUT2D eigenvalue weighted by molar-refractivity contribution is 6.30. The fourth-order valence-electron chi connectivity index (χ4n) is 2.22. The Balaban J connectivity index is 2.90. The first-order valence-corrected chi connectivity index (χ1v) is 7.20. The first-order chi connectivity index (χ1) is 9.13. The van der Waals surface area contributed by atoms with Gasteiger partial charge in [-0.3, -0.25) is 4.79 Å². The number of unbranched alkanes of at least 4 members (excludes halogenated alkanes) is 1. The molecule has 1 aromatic rings. The molecule has 0 spiro atoms. The minimum Gasteiger partial charge on any atom is -0.298 e. The Morgan fingerprint density at radius 3 is 2.68 bits per heavy atom. The molecule has 0 N–H and O–H groups in total. The van der Waals surface area contributed by atoms with E-state index in [1.807, 2.05) is 6.92 Å². The van der Waals surface area contributed by atoms with Crippen molar-refractivity contribution in [2.24, 2.45) is 5.92 Å². The molecule has 0 aliphatic heterocycles. The Hall–Kier alpha value is -1.33. The predicted molar refractivity (Wildman–Crippen MR) is 78.1 cm³/mol. The fourth-order valence-corrected chi connectivity index (χ4v) is 2.42. The third kappa shape index (κ3) is 4.36. The molecule has 0 aliphatic rings. The van der Waals surface area contributed by atoms with E-state index in [4.69, 9.17) is 11.6 Å². The lowest BCUT2D eigenvalue weighted by Crippen LogP contribution is -2.21. The first kappa shape index (κ1) is 15.7. The third-order valence-electron chi connectivity index (χ3n) is 3.40. The van der Waals surface area contributed by atoms with Gasteiger partial charge in [0.2, 0.25) is 0 Å². The van der Waals surface area contributed by atoms with Gasteiger partial charge in [0.15, 0.2) is 5.78 Å². The maximum atomic E-state index is 12.5. The van der Waals surface area contributed by atoms with Gasteiger partial charge in [0.05, 0.1) is 6.07 Å². The van der Waals surface area contributed by atoms with Crippen LogP contribution in [0.25, 0.3) is 0 Å². The average molecular weight is 278 g/mol. The molecule has 0 fully saturated rings. The van der Waals surface area contributed by atoms with E-state index in [-0.39, 0.29) is 11.7 Å². The highest BCUT2D eigenvalue weighted by Gasteiger charge is 2.26. The Bertz CT molecular complexity index is 464. The molecule has 0 heterocycles. The lowest BCUT2D eigenvalue weighted by atomic mass is 9.84. The average Bonchev–Trinajstić information content (AvgIpc) is 2.40. The van der Waals surface area contributed by atoms with E-state index in [0.717, 1.165) is 25.7 Å². The minimum absolute atomic E-state index is 0.0245. The van der Waals surface area contributed by atoms with Gasteiger partial charge in [-0.05, 0) is 30.5 Å². The van der Waals surface area contributed by atoms with Crippen molar-refractivity contribution in [1.29, 1.82) is 5.26 Å². The molecular formula is C16H20ClNO. The van der Waals surface area contributed by atoms with Crippen LogP contribution in [-0.2, 0) is 4.79 Å². The number of halogens is 1. The Morgan fingerprint density at radius 1 is 1.42 bits per heavy atom. The van der Waals surface area contributed by atoms with Crippen molar-refractivity contribution < 1.29 is 4.79 Å². The summed E-state index contributed by atoms with van der Waals surface area (Å²) in [5.74, 6) is -0.690. The zero-order valence-corrected chi connectivity index (χ0v) is 12.3. The Labute approximate surface area is 120 Å². The third-order valence-corrected chi connectivity index (χ3v) is 3.63. The maximum Gasteiger partial charge on any atom is 0.157 e. The quantitative estimate of drug-likeness (QED) is 0.723. The summed E-state index contributed by atoms with van der Waals surface area (Å²) in [6.07, 6.45) is 3.75. The van der Waals surface area contributed by atoms with Gasteiger partial charge in [-0.1, -0.05) is 50.4 Å². The van der Waals surface area contributed by atoms with Crippen molar-refractivity contribution in [3.8, 4) is 6.07 Å². The van der Waals surface area contributed by atoms with Crippen LogP contribution in [0.15, 0.2) is 24.3 Å². The highest BCUT2D eigenvalue weighted by Crippen LogP contribution is 2.26. The number of nitriles is 1. The number of carbonyl (C=O) groups is 1. The Morgan fingerprint density at radius 2 is 2.16 bits per heavy atom. The molecule has 0 bridgehead atoms. The zero-order valence-electron chi connectivity index (χ0n) is 11.5. The molecule has 0 aliphatic carbocycles. The second kappa shape index (κ2) is 7.96. The predicted octanol–water partition coefficient (Wildman–Crippen LogP) is 4.73. The molecule has 0 aromatic heterocycles. The van der Waals surface area contributed by atoms with Crippen molar-refractivity contribution >= 4 is 17.4 Å². The molecule has 1 aromatic carbocycles. The van der Waals surface area contributed by atoms with E-state index in [2.05, 4.69) is 13.0 Å². The summed E-state index contributed by atoms with van der Waals surface area (Å²) in [5, 5.41) is 9.86. The second-order valence-corrected chi connectivity index (χ2v) is 5.20. The smallest absolute Gasteiger partial charge is 0.157 e. The van der Waals surface area contributed by atoms with E-state index in [9.17, 15) is 10.1 Å². The van der Waals surface area contributed by atoms with Crippen LogP contribution in [0.3, 0.4) is 0 Å². The van der Waals surface area contributed by atoms with Crippen LogP contribution in [0.5, 0.6) is 0 Å². The van der Waals surface area contributed by atoms with Crippen molar-refractivity contribution in [2.45, 2.75) is 45.4 Å². The van der Waals surface area contributed by atoms with Gasteiger partial charge in [0.25, 0.3) is 0 Å². The van der Waals surface area contributed by atoms with Crippen molar-refractivity contribution in [3.63, 3.8) is 0 Å². The molecule has 0 saturated carbocycles. The number of carbonyl (C=O) groups excluding carboxylic acids is 1. The lowest BCUT2D eigenvalue weighted by Gasteiger charge is -2.17. The van der Waals surface area contributed by atoms with Gasteiger partial charge in [-0.2, -0.15) is 5.26 Å². The SMILES string of the molecule is CCCCC(CC)C(=O)C(C#N)c1cccc(Cl)c1. The molecule has 0 saturated heterocycles. The summed E-state index contributed by atoms with van der Waals surface area (Å²) in [6, 6.07) is 9.16. The molecule has 2 nitrogen and oxygen atoms in total. The summed E-state index contributed by atoms with van der Waals surface area (Å²) >= 11 is 5.93. The highest BCUT2D eigenvalue weighted by atomic mass is 35.5. The van der Waals surface area contributed by atoms with Crippen molar-refractivity contribution in [1.82, 2.24) is 0 Å². The van der Waals surface area contributed by atoms with Gasteiger partial charge in [0.1, 0.15) is 5.92 Å². The molecule has 3 heteroatoms. The van der Waals surface area contributed by atoms with Gasteiger partial charge in [-0.25, -0.2) is 0 Å². The summed E-state index contributed by atoms with van der Waals surface area (Å²) in [4.78, 5) is 12.5. The topological polar surface area (TPSA) is 40.9 Å².